The van der Waals surface area contributed by atoms with Crippen molar-refractivity contribution in [1.29, 1.82) is 0 Å². The number of rotatable bonds is 7. The van der Waals surface area contributed by atoms with Crippen LogP contribution in [0.15, 0.2) is 39.7 Å². The molecule has 7 nitrogen and oxygen atoms in total. The number of methoxy groups -OCH3 is 1. The van der Waals surface area contributed by atoms with Gasteiger partial charge < -0.3 is 14.6 Å². The summed E-state index contributed by atoms with van der Waals surface area (Å²) in [5, 5.41) is 8.43. The molecule has 11 heteroatoms. The molecule has 1 fully saturated rings. The third-order valence-electron chi connectivity index (χ3n) is 4.11. The minimum atomic E-state index is -1.15. The second-order valence-electron chi connectivity index (χ2n) is 6.22. The lowest BCUT2D eigenvalue weighted by Gasteiger charge is -2.14. The molecule has 0 aromatic heterocycles. The zero-order valence-corrected chi connectivity index (χ0v) is 19.0. The van der Waals surface area contributed by atoms with E-state index in [1.165, 1.54) is 25.3 Å². The third kappa shape index (κ3) is 5.38. The largest absolute Gasteiger partial charge is 0.493 e. The molecule has 2 amide bonds. The maximum atomic E-state index is 13.2. The predicted octanol–water partition coefficient (Wildman–Crippen LogP) is 4.95. The molecule has 3 rings (SSSR count). The van der Waals surface area contributed by atoms with Crippen LogP contribution in [0.25, 0.3) is 6.08 Å². The number of carboxylic acids is 1. The molecule has 0 radical (unpaired) electrons. The van der Waals surface area contributed by atoms with Crippen LogP contribution in [0.1, 0.15) is 11.1 Å². The van der Waals surface area contributed by atoms with Crippen molar-refractivity contribution in [3.05, 3.63) is 61.7 Å². The van der Waals surface area contributed by atoms with E-state index in [0.29, 0.717) is 15.6 Å². The smallest absolute Gasteiger partial charge is 0.341 e. The molecular weight excluding hydrogens is 517 g/mol. The lowest BCUT2D eigenvalue weighted by molar-refractivity contribution is -0.139. The Hall–Kier alpha value is -2.56. The molecule has 162 valence electrons. The normalized spacial score (nSPS) is 15.0. The van der Waals surface area contributed by atoms with Crippen molar-refractivity contribution < 1.29 is 33.4 Å². The van der Waals surface area contributed by atoms with Crippen LogP contribution in [-0.2, 0) is 16.1 Å². The zero-order chi connectivity index (χ0) is 22.7. The lowest BCUT2D eigenvalue weighted by Crippen LogP contribution is -2.27. The maximum Gasteiger partial charge on any atom is 0.341 e. The molecule has 0 bridgehead atoms. The Labute approximate surface area is 193 Å². The van der Waals surface area contributed by atoms with Crippen molar-refractivity contribution in [3.8, 4) is 11.5 Å². The molecule has 0 aliphatic carbocycles. The number of thioether (sulfide) groups is 1. The van der Waals surface area contributed by atoms with Gasteiger partial charge in [-0.3, -0.25) is 14.5 Å². The molecule has 2 aromatic rings. The van der Waals surface area contributed by atoms with Crippen LogP contribution in [0.2, 0.25) is 5.02 Å². The molecule has 0 atom stereocenters. The predicted molar refractivity (Wildman–Crippen MR) is 117 cm³/mol. The Morgan fingerprint density at radius 3 is 2.71 bits per heavy atom. The standard InChI is InChI=1S/C20H14BrClFNO6S/c1-29-15-5-10(4-13(21)18(15)30-9-17(25)26)6-16-19(27)24(20(28)31-16)8-11-2-3-12(23)7-14(11)22/h2-7H,8-9H2,1H3,(H,25,26)/b16-6-. The van der Waals surface area contributed by atoms with Crippen LogP contribution < -0.4 is 9.47 Å². The SMILES string of the molecule is COc1cc(/C=C2\SC(=O)N(Cc3ccc(F)cc3Cl)C2=O)cc(Br)c1OCC(=O)O. The molecule has 0 saturated carbocycles. The molecule has 31 heavy (non-hydrogen) atoms. The second kappa shape index (κ2) is 9.71. The fraction of sp³-hybridized carbons (Fsp3) is 0.150. The number of hydrogen-bond donors (Lipinski definition) is 1. The van der Waals surface area contributed by atoms with Crippen LogP contribution >= 0.6 is 39.3 Å². The van der Waals surface area contributed by atoms with E-state index in [1.54, 1.807) is 12.1 Å². The van der Waals surface area contributed by atoms with E-state index >= 15 is 0 Å². The Morgan fingerprint density at radius 1 is 1.32 bits per heavy atom. The minimum absolute atomic E-state index is 0.0872. The number of hydrogen-bond acceptors (Lipinski definition) is 6. The summed E-state index contributed by atoms with van der Waals surface area (Å²) in [6, 6.07) is 6.89. The number of halogens is 3. The number of benzene rings is 2. The maximum absolute atomic E-state index is 13.2. The van der Waals surface area contributed by atoms with E-state index in [9.17, 15) is 18.8 Å². The molecule has 0 spiro atoms. The molecule has 1 saturated heterocycles. The Morgan fingerprint density at radius 2 is 2.06 bits per heavy atom. The summed E-state index contributed by atoms with van der Waals surface area (Å²) in [5.74, 6) is -1.73. The average molecular weight is 531 g/mol. The van der Waals surface area contributed by atoms with Crippen molar-refractivity contribution in [1.82, 2.24) is 4.90 Å². The molecule has 1 aliphatic rings. The fourth-order valence-corrected chi connectivity index (χ4v) is 4.34. The molecule has 1 aliphatic heterocycles. The number of amides is 2. The first-order valence-corrected chi connectivity index (χ1v) is 10.6. The van der Waals surface area contributed by atoms with E-state index in [4.69, 9.17) is 26.2 Å². The highest BCUT2D eigenvalue weighted by molar-refractivity contribution is 9.10. The van der Waals surface area contributed by atoms with Gasteiger partial charge in [-0.25, -0.2) is 9.18 Å². The molecule has 1 N–H and O–H groups in total. The van der Waals surface area contributed by atoms with Crippen LogP contribution in [-0.4, -0.2) is 40.8 Å². The average Bonchev–Trinajstić information content (AvgIpc) is 2.95. The summed E-state index contributed by atoms with van der Waals surface area (Å²) < 4.78 is 24.1. The lowest BCUT2D eigenvalue weighted by atomic mass is 10.1. The van der Waals surface area contributed by atoms with Crippen molar-refractivity contribution >= 4 is 62.5 Å². The fourth-order valence-electron chi connectivity index (χ4n) is 2.71. The number of imide groups is 1. The Balaban J connectivity index is 1.85. The van der Waals surface area contributed by atoms with Crippen molar-refractivity contribution in [2.75, 3.05) is 13.7 Å². The van der Waals surface area contributed by atoms with Gasteiger partial charge in [-0.15, -0.1) is 0 Å². The van der Waals surface area contributed by atoms with Crippen LogP contribution in [0.3, 0.4) is 0 Å². The summed E-state index contributed by atoms with van der Waals surface area (Å²) in [6.45, 7) is -0.644. The topological polar surface area (TPSA) is 93.1 Å². The highest BCUT2D eigenvalue weighted by atomic mass is 79.9. The number of aliphatic carboxylic acids is 1. The van der Waals surface area contributed by atoms with Gasteiger partial charge in [0.25, 0.3) is 11.1 Å². The summed E-state index contributed by atoms with van der Waals surface area (Å²) >= 11 is 10.1. The zero-order valence-electron chi connectivity index (χ0n) is 15.9. The van der Waals surface area contributed by atoms with Gasteiger partial charge in [-0.2, -0.15) is 0 Å². The number of carboxylic acid groups (broad SMARTS) is 1. The quantitative estimate of drug-likeness (QED) is 0.506. The van der Waals surface area contributed by atoms with Gasteiger partial charge in [-0.1, -0.05) is 17.7 Å². The number of ether oxygens (including phenoxy) is 2. The Kier molecular flexibility index (Phi) is 7.24. The monoisotopic (exact) mass is 529 g/mol. The van der Waals surface area contributed by atoms with Gasteiger partial charge in [-0.05, 0) is 69.2 Å². The van der Waals surface area contributed by atoms with Gasteiger partial charge in [0.1, 0.15) is 5.82 Å². The number of carbonyl (C=O) groups excluding carboxylic acids is 2. The van der Waals surface area contributed by atoms with Crippen molar-refractivity contribution in [3.63, 3.8) is 0 Å². The summed E-state index contributed by atoms with van der Waals surface area (Å²) in [4.78, 5) is 37.1. The molecule has 0 unspecified atom stereocenters. The molecule has 2 aromatic carbocycles. The minimum Gasteiger partial charge on any atom is -0.493 e. The third-order valence-corrected chi connectivity index (χ3v) is 5.95. The summed E-state index contributed by atoms with van der Waals surface area (Å²) in [7, 11) is 1.39. The molecule has 1 heterocycles. The van der Waals surface area contributed by atoms with Gasteiger partial charge in [0, 0.05) is 5.02 Å². The van der Waals surface area contributed by atoms with E-state index in [-0.39, 0.29) is 28.0 Å². The van der Waals surface area contributed by atoms with E-state index in [1.807, 2.05) is 0 Å². The van der Waals surface area contributed by atoms with E-state index in [2.05, 4.69) is 15.9 Å². The summed E-state index contributed by atoms with van der Waals surface area (Å²) in [6.07, 6.45) is 1.51. The van der Waals surface area contributed by atoms with Crippen molar-refractivity contribution in [2.45, 2.75) is 6.54 Å². The first kappa shape index (κ1) is 23.1. The molecular formula is C20H14BrClFNO6S. The first-order chi connectivity index (χ1) is 14.7. The van der Waals surface area contributed by atoms with Crippen molar-refractivity contribution in [2.24, 2.45) is 0 Å². The van der Waals surface area contributed by atoms with Crippen LogP contribution in [0, 0.1) is 5.82 Å². The summed E-state index contributed by atoms with van der Waals surface area (Å²) in [5.41, 5.74) is 0.965. The number of nitrogens with zero attached hydrogens (tertiary/aromatic N) is 1. The van der Waals surface area contributed by atoms with Gasteiger partial charge in [0.15, 0.2) is 18.1 Å². The van der Waals surface area contributed by atoms with E-state index < -0.39 is 29.5 Å². The first-order valence-electron chi connectivity index (χ1n) is 8.61. The van der Waals surface area contributed by atoms with Gasteiger partial charge in [0.05, 0.1) is 23.0 Å². The second-order valence-corrected chi connectivity index (χ2v) is 8.47. The van der Waals surface area contributed by atoms with Gasteiger partial charge >= 0.3 is 5.97 Å². The van der Waals surface area contributed by atoms with E-state index in [0.717, 1.165) is 22.7 Å². The van der Waals surface area contributed by atoms with Crippen LogP contribution in [0.5, 0.6) is 11.5 Å². The highest BCUT2D eigenvalue weighted by Gasteiger charge is 2.35. The van der Waals surface area contributed by atoms with Gasteiger partial charge in [0.2, 0.25) is 0 Å². The Bertz CT molecular complexity index is 1110. The number of carbonyl (C=O) groups is 3. The van der Waals surface area contributed by atoms with Crippen LogP contribution in [0.4, 0.5) is 9.18 Å². The highest BCUT2D eigenvalue weighted by Crippen LogP contribution is 2.39.